The lowest BCUT2D eigenvalue weighted by atomic mass is 10.0. The lowest BCUT2D eigenvalue weighted by Gasteiger charge is -2.07. The first-order valence-corrected chi connectivity index (χ1v) is 10.1. The van der Waals surface area contributed by atoms with Crippen molar-refractivity contribution in [1.82, 2.24) is 9.78 Å². The first kappa shape index (κ1) is 19.2. The van der Waals surface area contributed by atoms with Crippen molar-refractivity contribution in [2.24, 2.45) is 0 Å². The number of halogens is 1. The van der Waals surface area contributed by atoms with Crippen molar-refractivity contribution < 1.29 is 8.42 Å². The predicted octanol–water partition coefficient (Wildman–Crippen LogP) is 3.85. The monoisotopic (exact) mass is 399 g/mol. The van der Waals surface area contributed by atoms with Crippen molar-refractivity contribution in [2.45, 2.75) is 26.1 Å². The van der Waals surface area contributed by atoms with Crippen LogP contribution >= 0.6 is 11.6 Å². The fourth-order valence-electron chi connectivity index (χ4n) is 3.10. The Kier molecular flexibility index (Phi) is 5.64. The predicted molar refractivity (Wildman–Crippen MR) is 106 cm³/mol. The lowest BCUT2D eigenvalue weighted by molar-refractivity contribution is 0.614. The van der Waals surface area contributed by atoms with Crippen molar-refractivity contribution in [3.63, 3.8) is 0 Å². The van der Waals surface area contributed by atoms with Crippen LogP contribution in [0.1, 0.15) is 28.1 Å². The van der Waals surface area contributed by atoms with Crippen molar-refractivity contribution in [3.05, 3.63) is 75.6 Å². The van der Waals surface area contributed by atoms with Gasteiger partial charge in [0, 0.05) is 11.3 Å². The molecule has 27 heavy (non-hydrogen) atoms. The minimum Gasteiger partial charge on any atom is -0.265 e. The molecule has 0 saturated heterocycles. The highest BCUT2D eigenvalue weighted by molar-refractivity contribution is 7.71. The molecule has 0 unspecified atom stereocenters. The quantitative estimate of drug-likeness (QED) is 0.661. The molecule has 0 radical (unpaired) electrons. The van der Waals surface area contributed by atoms with E-state index in [9.17, 15) is 8.42 Å². The molecule has 0 aliphatic heterocycles. The van der Waals surface area contributed by atoms with Crippen molar-refractivity contribution in [3.8, 4) is 17.2 Å². The number of thiol groups is 1. The summed E-state index contributed by atoms with van der Waals surface area (Å²) in [5, 5.41) is 14.1. The molecule has 5 nitrogen and oxygen atoms in total. The molecule has 0 bridgehead atoms. The Hall–Kier alpha value is -2.62. The number of aryl methyl sites for hydroxylation is 1. The molecule has 2 aromatic carbocycles. The Labute approximate surface area is 164 Å². The molecule has 7 heteroatoms. The molecule has 3 aromatic rings. The number of hydrogen-bond donors (Lipinski definition) is 1. The van der Waals surface area contributed by atoms with E-state index in [2.05, 4.69) is 11.2 Å². The molecule has 0 spiro atoms. The molecular formula is C20H18ClN3O2S. The third-order valence-corrected chi connectivity index (χ3v) is 5.36. The summed E-state index contributed by atoms with van der Waals surface area (Å²) in [6, 6.07) is 14.9. The number of nitrogens with zero attached hydrogens (tertiary/aromatic N) is 3. The smallest absolute Gasteiger partial charge is 0.144 e. The number of aromatic nitrogens is 2. The van der Waals surface area contributed by atoms with E-state index in [-0.39, 0.29) is 5.75 Å². The maximum Gasteiger partial charge on any atom is 0.144 e. The standard InChI is InChI=1S/C20H18ClN3O2S/c1-13-20(17-7-8-18(10-22)19(21)9-17)14(2)24(23-13)11-15-3-5-16(6-4-15)12-27(25)26/h3-9,27H,11-12H2,1-2H3. The molecule has 0 fully saturated rings. The van der Waals surface area contributed by atoms with E-state index < -0.39 is 10.7 Å². The summed E-state index contributed by atoms with van der Waals surface area (Å²) in [5.74, 6) is 0.0547. The van der Waals surface area contributed by atoms with Crippen LogP contribution in [0.25, 0.3) is 11.1 Å². The van der Waals surface area contributed by atoms with E-state index in [1.54, 1.807) is 12.1 Å². The second-order valence-corrected chi connectivity index (χ2v) is 7.71. The van der Waals surface area contributed by atoms with Gasteiger partial charge in [0.1, 0.15) is 16.8 Å². The Morgan fingerprint density at radius 1 is 1.11 bits per heavy atom. The average Bonchev–Trinajstić information content (AvgIpc) is 2.89. The lowest BCUT2D eigenvalue weighted by Crippen LogP contribution is -2.04. The van der Waals surface area contributed by atoms with Gasteiger partial charge in [-0.05, 0) is 42.7 Å². The van der Waals surface area contributed by atoms with Gasteiger partial charge in [-0.2, -0.15) is 10.4 Å². The number of rotatable bonds is 5. The molecule has 1 heterocycles. The van der Waals surface area contributed by atoms with E-state index in [1.165, 1.54) is 0 Å². The molecule has 138 valence electrons. The van der Waals surface area contributed by atoms with Crippen LogP contribution in [0.5, 0.6) is 0 Å². The van der Waals surface area contributed by atoms with E-state index in [0.29, 0.717) is 17.1 Å². The first-order valence-electron chi connectivity index (χ1n) is 8.32. The van der Waals surface area contributed by atoms with Gasteiger partial charge < -0.3 is 0 Å². The van der Waals surface area contributed by atoms with Gasteiger partial charge in [0.05, 0.1) is 28.6 Å². The van der Waals surface area contributed by atoms with Crippen LogP contribution in [-0.2, 0) is 23.0 Å². The molecule has 1 aromatic heterocycles. The van der Waals surface area contributed by atoms with Gasteiger partial charge in [0.15, 0.2) is 0 Å². The van der Waals surface area contributed by atoms with Gasteiger partial charge in [-0.25, -0.2) is 8.42 Å². The van der Waals surface area contributed by atoms with Crippen LogP contribution in [0, 0.1) is 25.2 Å². The number of benzene rings is 2. The van der Waals surface area contributed by atoms with Crippen molar-refractivity contribution in [1.29, 1.82) is 5.26 Å². The van der Waals surface area contributed by atoms with E-state index in [1.807, 2.05) is 48.9 Å². The number of hydrogen-bond acceptors (Lipinski definition) is 4. The summed E-state index contributed by atoms with van der Waals surface area (Å²) in [6.45, 7) is 4.52. The Morgan fingerprint density at radius 2 is 1.78 bits per heavy atom. The number of nitriles is 1. The van der Waals surface area contributed by atoms with E-state index >= 15 is 0 Å². The van der Waals surface area contributed by atoms with Crippen molar-refractivity contribution in [2.75, 3.05) is 0 Å². The molecule has 3 rings (SSSR count). The molecule has 0 amide bonds. The molecule has 0 atom stereocenters. The van der Waals surface area contributed by atoms with Crippen molar-refractivity contribution >= 4 is 22.3 Å². The van der Waals surface area contributed by atoms with Crippen LogP contribution in [0.15, 0.2) is 42.5 Å². The third kappa shape index (κ3) is 4.21. The summed E-state index contributed by atoms with van der Waals surface area (Å²) >= 11 is 6.18. The molecular weight excluding hydrogens is 382 g/mol. The normalized spacial score (nSPS) is 10.9. The van der Waals surface area contributed by atoms with E-state index in [4.69, 9.17) is 16.9 Å². The van der Waals surface area contributed by atoms with Gasteiger partial charge in [-0.1, -0.05) is 41.9 Å². The maximum absolute atomic E-state index is 10.8. The maximum atomic E-state index is 10.8. The molecule has 0 N–H and O–H groups in total. The van der Waals surface area contributed by atoms with E-state index in [0.717, 1.165) is 33.6 Å². The minimum atomic E-state index is -2.42. The van der Waals surface area contributed by atoms with Gasteiger partial charge >= 0.3 is 0 Å². The summed E-state index contributed by atoms with van der Waals surface area (Å²) in [5.41, 5.74) is 6.07. The van der Waals surface area contributed by atoms with Gasteiger partial charge in [0.2, 0.25) is 0 Å². The fourth-order valence-corrected chi connectivity index (χ4v) is 3.83. The van der Waals surface area contributed by atoms with Gasteiger partial charge in [-0.3, -0.25) is 4.68 Å². The zero-order valence-electron chi connectivity index (χ0n) is 14.9. The Morgan fingerprint density at radius 3 is 2.37 bits per heavy atom. The molecule has 0 aliphatic carbocycles. The third-order valence-electron chi connectivity index (χ3n) is 4.43. The molecule has 0 aliphatic rings. The highest BCUT2D eigenvalue weighted by Crippen LogP contribution is 2.30. The van der Waals surface area contributed by atoms with Crippen LogP contribution in [-0.4, -0.2) is 18.2 Å². The van der Waals surface area contributed by atoms with Gasteiger partial charge in [0.25, 0.3) is 0 Å². The van der Waals surface area contributed by atoms with Gasteiger partial charge in [-0.15, -0.1) is 0 Å². The minimum absolute atomic E-state index is 0.0547. The SMILES string of the molecule is Cc1nn(Cc2ccc(C[SH](=O)=O)cc2)c(C)c1-c1ccc(C#N)c(Cl)c1. The van der Waals surface area contributed by atoms with Crippen LogP contribution in [0.4, 0.5) is 0 Å². The summed E-state index contributed by atoms with van der Waals surface area (Å²) < 4.78 is 23.6. The summed E-state index contributed by atoms with van der Waals surface area (Å²) in [6.07, 6.45) is 0. The Bertz CT molecular complexity index is 1100. The first-order chi connectivity index (χ1) is 12.9. The summed E-state index contributed by atoms with van der Waals surface area (Å²) in [4.78, 5) is 0. The zero-order valence-corrected chi connectivity index (χ0v) is 16.6. The highest BCUT2D eigenvalue weighted by atomic mass is 35.5. The average molecular weight is 400 g/mol. The molecule has 0 saturated carbocycles. The fraction of sp³-hybridized carbons (Fsp3) is 0.200. The Balaban J connectivity index is 1.90. The zero-order chi connectivity index (χ0) is 19.6. The topological polar surface area (TPSA) is 75.8 Å². The largest absolute Gasteiger partial charge is 0.265 e. The van der Waals surface area contributed by atoms with Crippen LogP contribution < -0.4 is 0 Å². The second-order valence-electron chi connectivity index (χ2n) is 6.32. The summed E-state index contributed by atoms with van der Waals surface area (Å²) in [7, 11) is -2.42. The van der Waals surface area contributed by atoms with Crippen LogP contribution in [0.3, 0.4) is 0 Å². The van der Waals surface area contributed by atoms with Crippen LogP contribution in [0.2, 0.25) is 5.02 Å². The second kappa shape index (κ2) is 7.95. The highest BCUT2D eigenvalue weighted by Gasteiger charge is 2.15.